The Bertz CT molecular complexity index is 758. The standard InChI is InChI=1S/C22H21NO2/c24-17-22(19-12-6-2-7-13-19)16-21(18-10-4-1-5-11-18)23(25-22)20-14-8-3-9-15-20/h1-15,21,24H,16-17H2/t21-,22-/m1/s1. The van der Waals surface area contributed by atoms with Gasteiger partial charge in [-0.1, -0.05) is 78.9 Å². The van der Waals surface area contributed by atoms with E-state index in [9.17, 15) is 5.11 Å². The molecule has 4 rings (SSSR count). The fraction of sp³-hybridized carbons (Fsp3) is 0.182. The third-order valence-corrected chi connectivity index (χ3v) is 4.83. The molecular weight excluding hydrogens is 310 g/mol. The molecule has 0 aromatic heterocycles. The van der Waals surface area contributed by atoms with Gasteiger partial charge >= 0.3 is 0 Å². The largest absolute Gasteiger partial charge is 0.393 e. The molecule has 126 valence electrons. The van der Waals surface area contributed by atoms with Crippen molar-refractivity contribution in [3.05, 3.63) is 102 Å². The molecule has 0 amide bonds. The Morgan fingerprint density at radius 3 is 2.00 bits per heavy atom. The third kappa shape index (κ3) is 2.93. The quantitative estimate of drug-likeness (QED) is 0.766. The number of para-hydroxylation sites is 1. The number of anilines is 1. The molecule has 1 fully saturated rings. The molecule has 3 heteroatoms. The number of aliphatic hydroxyl groups is 1. The maximum atomic E-state index is 10.2. The molecule has 1 aliphatic rings. The lowest BCUT2D eigenvalue weighted by Crippen LogP contribution is -2.32. The van der Waals surface area contributed by atoms with E-state index in [2.05, 4.69) is 12.1 Å². The normalized spacial score (nSPS) is 22.9. The van der Waals surface area contributed by atoms with Gasteiger partial charge in [0.2, 0.25) is 0 Å². The van der Waals surface area contributed by atoms with Gasteiger partial charge in [0.25, 0.3) is 0 Å². The van der Waals surface area contributed by atoms with E-state index in [1.165, 1.54) is 5.56 Å². The van der Waals surface area contributed by atoms with E-state index in [4.69, 9.17) is 4.84 Å². The predicted octanol–water partition coefficient (Wildman–Crippen LogP) is 4.46. The second kappa shape index (κ2) is 6.71. The molecule has 0 saturated carbocycles. The first kappa shape index (κ1) is 15.9. The van der Waals surface area contributed by atoms with Gasteiger partial charge in [0.1, 0.15) is 5.60 Å². The van der Waals surface area contributed by atoms with Crippen molar-refractivity contribution >= 4 is 5.69 Å². The molecule has 1 aliphatic heterocycles. The van der Waals surface area contributed by atoms with Crippen LogP contribution >= 0.6 is 0 Å². The van der Waals surface area contributed by atoms with Crippen LogP contribution in [0.5, 0.6) is 0 Å². The van der Waals surface area contributed by atoms with Crippen LogP contribution in [0.4, 0.5) is 5.69 Å². The summed E-state index contributed by atoms with van der Waals surface area (Å²) in [6.07, 6.45) is 0.687. The van der Waals surface area contributed by atoms with Crippen molar-refractivity contribution in [3.63, 3.8) is 0 Å². The lowest BCUT2D eigenvalue weighted by atomic mass is 9.87. The molecular formula is C22H21NO2. The molecule has 1 N–H and O–H groups in total. The second-order valence-corrected chi connectivity index (χ2v) is 6.40. The summed E-state index contributed by atoms with van der Waals surface area (Å²) < 4.78 is 0. The smallest absolute Gasteiger partial charge is 0.146 e. The van der Waals surface area contributed by atoms with E-state index < -0.39 is 5.60 Å². The summed E-state index contributed by atoms with van der Waals surface area (Å²) in [6, 6.07) is 30.4. The van der Waals surface area contributed by atoms with E-state index in [1.807, 2.05) is 83.9 Å². The first-order valence-corrected chi connectivity index (χ1v) is 8.57. The highest BCUT2D eigenvalue weighted by Crippen LogP contribution is 2.47. The topological polar surface area (TPSA) is 32.7 Å². The minimum Gasteiger partial charge on any atom is -0.393 e. The maximum absolute atomic E-state index is 10.2. The van der Waals surface area contributed by atoms with Crippen LogP contribution in [0.2, 0.25) is 0 Å². The van der Waals surface area contributed by atoms with Gasteiger partial charge in [-0.05, 0) is 23.3 Å². The van der Waals surface area contributed by atoms with Crippen molar-refractivity contribution in [2.24, 2.45) is 0 Å². The van der Waals surface area contributed by atoms with Crippen LogP contribution in [0.1, 0.15) is 23.6 Å². The molecule has 3 aromatic carbocycles. The van der Waals surface area contributed by atoms with E-state index in [-0.39, 0.29) is 12.6 Å². The van der Waals surface area contributed by atoms with Crippen LogP contribution in [0, 0.1) is 0 Å². The van der Waals surface area contributed by atoms with E-state index in [0.29, 0.717) is 6.42 Å². The van der Waals surface area contributed by atoms with Crippen molar-refractivity contribution in [1.29, 1.82) is 0 Å². The molecule has 0 bridgehead atoms. The molecule has 2 atom stereocenters. The number of aliphatic hydroxyl groups excluding tert-OH is 1. The number of hydroxylamine groups is 1. The first-order valence-electron chi connectivity index (χ1n) is 8.57. The van der Waals surface area contributed by atoms with Crippen molar-refractivity contribution in [3.8, 4) is 0 Å². The number of benzene rings is 3. The maximum Gasteiger partial charge on any atom is 0.146 e. The number of hydrogen-bond donors (Lipinski definition) is 1. The van der Waals surface area contributed by atoms with Gasteiger partial charge in [-0.2, -0.15) is 0 Å². The van der Waals surface area contributed by atoms with Crippen LogP contribution in [0.3, 0.4) is 0 Å². The summed E-state index contributed by atoms with van der Waals surface area (Å²) in [4.78, 5) is 6.42. The Morgan fingerprint density at radius 2 is 1.40 bits per heavy atom. The molecule has 3 nitrogen and oxygen atoms in total. The van der Waals surface area contributed by atoms with Gasteiger partial charge in [0, 0.05) is 6.42 Å². The molecule has 0 aliphatic carbocycles. The Labute approximate surface area is 148 Å². The molecule has 0 unspecified atom stereocenters. The van der Waals surface area contributed by atoms with Gasteiger partial charge in [0.15, 0.2) is 0 Å². The Morgan fingerprint density at radius 1 is 0.840 bits per heavy atom. The van der Waals surface area contributed by atoms with Gasteiger partial charge in [0.05, 0.1) is 18.3 Å². The summed E-state index contributed by atoms with van der Waals surface area (Å²) in [6.45, 7) is -0.0658. The monoisotopic (exact) mass is 331 g/mol. The fourth-order valence-corrected chi connectivity index (χ4v) is 3.52. The van der Waals surface area contributed by atoms with Crippen LogP contribution < -0.4 is 5.06 Å². The van der Waals surface area contributed by atoms with Gasteiger partial charge in [-0.3, -0.25) is 4.84 Å². The zero-order valence-corrected chi connectivity index (χ0v) is 14.0. The second-order valence-electron chi connectivity index (χ2n) is 6.40. The van der Waals surface area contributed by atoms with Gasteiger partial charge in [-0.15, -0.1) is 0 Å². The lowest BCUT2D eigenvalue weighted by Gasteiger charge is -2.28. The van der Waals surface area contributed by atoms with Crippen molar-refractivity contribution in [2.45, 2.75) is 18.1 Å². The SMILES string of the molecule is OC[C@@]1(c2ccccc2)C[C@H](c2ccccc2)N(c2ccccc2)O1. The summed E-state index contributed by atoms with van der Waals surface area (Å²) in [5, 5.41) is 12.2. The molecule has 1 heterocycles. The third-order valence-electron chi connectivity index (χ3n) is 4.83. The summed E-state index contributed by atoms with van der Waals surface area (Å²) in [5.41, 5.74) is 2.43. The Hall–Kier alpha value is -2.62. The molecule has 1 saturated heterocycles. The van der Waals surface area contributed by atoms with Crippen molar-refractivity contribution < 1.29 is 9.94 Å². The number of hydrogen-bond acceptors (Lipinski definition) is 3. The van der Waals surface area contributed by atoms with Crippen LogP contribution in [-0.4, -0.2) is 11.7 Å². The van der Waals surface area contributed by atoms with Gasteiger partial charge < -0.3 is 5.11 Å². The highest BCUT2D eigenvalue weighted by Gasteiger charge is 2.47. The first-order chi connectivity index (χ1) is 12.3. The van der Waals surface area contributed by atoms with E-state index >= 15 is 0 Å². The summed E-state index contributed by atoms with van der Waals surface area (Å²) >= 11 is 0. The summed E-state index contributed by atoms with van der Waals surface area (Å²) in [7, 11) is 0. The number of rotatable bonds is 4. The number of nitrogens with zero attached hydrogens (tertiary/aromatic N) is 1. The molecule has 3 aromatic rings. The van der Waals surface area contributed by atoms with E-state index in [1.54, 1.807) is 0 Å². The van der Waals surface area contributed by atoms with Crippen LogP contribution in [0.15, 0.2) is 91.0 Å². The Kier molecular flexibility index (Phi) is 4.26. The van der Waals surface area contributed by atoms with Crippen molar-refractivity contribution in [1.82, 2.24) is 0 Å². The highest BCUT2D eigenvalue weighted by molar-refractivity contribution is 5.48. The molecule has 0 radical (unpaired) electrons. The molecule has 25 heavy (non-hydrogen) atoms. The van der Waals surface area contributed by atoms with Crippen LogP contribution in [0.25, 0.3) is 0 Å². The lowest BCUT2D eigenvalue weighted by molar-refractivity contribution is -0.0563. The molecule has 0 spiro atoms. The van der Waals surface area contributed by atoms with E-state index in [0.717, 1.165) is 11.3 Å². The van der Waals surface area contributed by atoms with Crippen LogP contribution in [-0.2, 0) is 10.4 Å². The zero-order valence-electron chi connectivity index (χ0n) is 14.0. The summed E-state index contributed by atoms with van der Waals surface area (Å²) in [5.74, 6) is 0. The van der Waals surface area contributed by atoms with Gasteiger partial charge in [-0.25, -0.2) is 5.06 Å². The zero-order chi connectivity index (χ0) is 17.1. The average molecular weight is 331 g/mol. The minimum absolute atomic E-state index is 0.0379. The average Bonchev–Trinajstić information content (AvgIpc) is 3.11. The highest BCUT2D eigenvalue weighted by atomic mass is 16.7. The minimum atomic E-state index is -0.738. The fourth-order valence-electron chi connectivity index (χ4n) is 3.52. The predicted molar refractivity (Wildman–Crippen MR) is 99.0 cm³/mol. The van der Waals surface area contributed by atoms with Crippen molar-refractivity contribution in [2.75, 3.05) is 11.7 Å². The Balaban J connectivity index is 1.78.